The van der Waals surface area contributed by atoms with Crippen molar-refractivity contribution in [3.05, 3.63) is 35.9 Å². The zero-order valence-electron chi connectivity index (χ0n) is 21.5. The summed E-state index contributed by atoms with van der Waals surface area (Å²) in [4.78, 5) is 15.9. The van der Waals surface area contributed by atoms with E-state index in [1.165, 1.54) is 0 Å². The van der Waals surface area contributed by atoms with Gasteiger partial charge in [-0.05, 0) is 56.2 Å². The van der Waals surface area contributed by atoms with Crippen molar-refractivity contribution in [1.29, 1.82) is 0 Å². The molecule has 7 rings (SSSR count). The summed E-state index contributed by atoms with van der Waals surface area (Å²) in [5.41, 5.74) is -2.71. The summed E-state index contributed by atoms with van der Waals surface area (Å²) in [6.45, 7) is 4.20. The highest BCUT2D eigenvalue weighted by Gasteiger charge is 2.87. The van der Waals surface area contributed by atoms with E-state index < -0.39 is 23.3 Å². The van der Waals surface area contributed by atoms with Gasteiger partial charge in [-0.2, -0.15) is 0 Å². The number of piperidine rings is 1. The Bertz CT molecular complexity index is 1050. The molecule has 1 saturated heterocycles. The summed E-state index contributed by atoms with van der Waals surface area (Å²) in [5.74, 6) is 0.00692. The maximum Gasteiger partial charge on any atom is 0.338 e. The number of carbonyl (C=O) groups excluding carboxylic acids is 1. The highest BCUT2D eigenvalue weighted by atomic mass is 16.6. The highest BCUT2D eigenvalue weighted by Crippen LogP contribution is 2.78. The first-order chi connectivity index (χ1) is 17.4. The third-order valence-electron chi connectivity index (χ3n) is 11.8. The highest BCUT2D eigenvalue weighted by molar-refractivity contribution is 5.89. The van der Waals surface area contributed by atoms with Crippen molar-refractivity contribution in [3.8, 4) is 0 Å². The number of rotatable bonds is 5. The number of hydrogen-bond donors (Lipinski definition) is 2. The SMILES string of the molecule is CCN1CC2CC[C@H](OC)[C@]34C1C(C[C@H]23)[C@@]1(O)C[C@H](OC)[C@H]2C[C@@H]4[C@]1(O)[C@H]2OC(=O)c1ccccc1. The second kappa shape index (κ2) is 7.76. The molecule has 1 heterocycles. The number of benzene rings is 1. The summed E-state index contributed by atoms with van der Waals surface area (Å²) in [6, 6.07) is 9.11. The van der Waals surface area contributed by atoms with Gasteiger partial charge in [0.05, 0.1) is 17.8 Å². The molecule has 1 aromatic carbocycles. The summed E-state index contributed by atoms with van der Waals surface area (Å²) in [5, 5.41) is 25.6. The van der Waals surface area contributed by atoms with Gasteiger partial charge in [0.15, 0.2) is 0 Å². The molecule has 1 aromatic rings. The first-order valence-electron chi connectivity index (χ1n) is 13.9. The molecular weight excluding hydrogens is 458 g/mol. The molecule has 7 heteroatoms. The molecule has 1 aliphatic heterocycles. The lowest BCUT2D eigenvalue weighted by Crippen LogP contribution is -2.81. The summed E-state index contributed by atoms with van der Waals surface area (Å²) >= 11 is 0. The molecule has 36 heavy (non-hydrogen) atoms. The number of fused-ring (bicyclic) bond motifs is 2. The van der Waals surface area contributed by atoms with Crippen LogP contribution in [0.3, 0.4) is 0 Å². The van der Waals surface area contributed by atoms with E-state index in [1.54, 1.807) is 19.2 Å². The fourth-order valence-electron chi connectivity index (χ4n) is 10.9. The van der Waals surface area contributed by atoms with E-state index in [0.717, 1.165) is 32.4 Å². The number of methoxy groups -OCH3 is 2. The van der Waals surface area contributed by atoms with E-state index >= 15 is 0 Å². The molecule has 0 radical (unpaired) electrons. The first-order valence-corrected chi connectivity index (χ1v) is 13.9. The van der Waals surface area contributed by atoms with E-state index in [1.807, 2.05) is 25.3 Å². The zero-order valence-corrected chi connectivity index (χ0v) is 21.5. The van der Waals surface area contributed by atoms with Crippen molar-refractivity contribution in [1.82, 2.24) is 4.90 Å². The monoisotopic (exact) mass is 497 g/mol. The predicted octanol–water partition coefficient (Wildman–Crippen LogP) is 2.49. The van der Waals surface area contributed by atoms with Gasteiger partial charge in [0, 0.05) is 56.4 Å². The van der Waals surface area contributed by atoms with Gasteiger partial charge in [-0.25, -0.2) is 4.79 Å². The van der Waals surface area contributed by atoms with E-state index in [4.69, 9.17) is 14.2 Å². The molecule has 0 amide bonds. The van der Waals surface area contributed by atoms with Crippen LogP contribution >= 0.6 is 0 Å². The number of likely N-dealkylation sites (tertiary alicyclic amines) is 1. The lowest BCUT2D eigenvalue weighted by atomic mass is 9.44. The zero-order chi connectivity index (χ0) is 25.0. The van der Waals surface area contributed by atoms with E-state index in [0.29, 0.717) is 30.2 Å². The summed E-state index contributed by atoms with van der Waals surface area (Å²) in [7, 11) is 3.49. The standard InChI is InChI=1S/C29H39NO6/c1-4-30-15-17-10-11-23(35-3)28-19(17)13-20(24(28)30)27(32)14-21(34-2)18-12-22(28)29(27,33)25(18)36-26(31)16-8-6-5-7-9-16/h5-9,17-25,32-33H,4,10-15H2,1-3H3/t17?,18-,19-,20?,21+,22+,23+,24?,25+,27+,28+,29+/m1/s1. The van der Waals surface area contributed by atoms with Gasteiger partial charge in [0.25, 0.3) is 0 Å². The summed E-state index contributed by atoms with van der Waals surface area (Å²) < 4.78 is 18.5. The molecule has 6 aliphatic rings. The van der Waals surface area contributed by atoms with Crippen LogP contribution in [0.1, 0.15) is 49.4 Å². The van der Waals surface area contributed by atoms with Crippen LogP contribution in [0, 0.1) is 35.0 Å². The average molecular weight is 498 g/mol. The van der Waals surface area contributed by atoms with Gasteiger partial charge < -0.3 is 24.4 Å². The van der Waals surface area contributed by atoms with Crippen molar-refractivity contribution in [2.75, 3.05) is 27.3 Å². The van der Waals surface area contributed by atoms with Crippen LogP contribution in [0.5, 0.6) is 0 Å². The van der Waals surface area contributed by atoms with Crippen LogP contribution in [0.4, 0.5) is 0 Å². The van der Waals surface area contributed by atoms with Crippen LogP contribution in [-0.4, -0.2) is 83.9 Å². The van der Waals surface area contributed by atoms with Gasteiger partial charge in [0.1, 0.15) is 17.3 Å². The van der Waals surface area contributed by atoms with Crippen LogP contribution in [0.25, 0.3) is 0 Å². The Morgan fingerprint density at radius 2 is 1.86 bits per heavy atom. The smallest absolute Gasteiger partial charge is 0.338 e. The fourth-order valence-corrected chi connectivity index (χ4v) is 10.9. The van der Waals surface area contributed by atoms with Crippen molar-refractivity contribution in [2.24, 2.45) is 35.0 Å². The largest absolute Gasteiger partial charge is 0.455 e. The Kier molecular flexibility index (Phi) is 5.09. The molecular formula is C29H39NO6. The number of aliphatic hydroxyl groups is 2. The number of hydrogen-bond acceptors (Lipinski definition) is 7. The topological polar surface area (TPSA) is 88.5 Å². The molecule has 5 saturated carbocycles. The van der Waals surface area contributed by atoms with Gasteiger partial charge in [-0.1, -0.05) is 25.1 Å². The third kappa shape index (κ3) is 2.50. The van der Waals surface area contributed by atoms with Crippen LogP contribution in [0.2, 0.25) is 0 Å². The fraction of sp³-hybridized carbons (Fsp3) is 0.759. The van der Waals surface area contributed by atoms with Crippen molar-refractivity contribution < 1.29 is 29.2 Å². The number of ether oxygens (including phenoxy) is 3. The lowest BCUT2D eigenvalue weighted by Gasteiger charge is -2.69. The number of nitrogens with zero attached hydrogens (tertiary/aromatic N) is 1. The average Bonchev–Trinajstić information content (AvgIpc) is 3.28. The molecule has 0 aromatic heterocycles. The molecule has 6 fully saturated rings. The molecule has 12 atom stereocenters. The minimum Gasteiger partial charge on any atom is -0.455 e. The lowest BCUT2D eigenvalue weighted by molar-refractivity contribution is -0.325. The Morgan fingerprint density at radius 3 is 2.56 bits per heavy atom. The minimum absolute atomic E-state index is 0.0208. The normalized spacial score (nSPS) is 52.3. The Morgan fingerprint density at radius 1 is 1.08 bits per heavy atom. The predicted molar refractivity (Wildman–Crippen MR) is 131 cm³/mol. The molecule has 2 N–H and O–H groups in total. The molecule has 7 bridgehead atoms. The number of esters is 1. The molecule has 5 aliphatic carbocycles. The van der Waals surface area contributed by atoms with Crippen molar-refractivity contribution in [3.63, 3.8) is 0 Å². The third-order valence-corrected chi connectivity index (χ3v) is 11.8. The first kappa shape index (κ1) is 23.6. The molecule has 3 unspecified atom stereocenters. The summed E-state index contributed by atoms with van der Waals surface area (Å²) in [6.07, 6.45) is 2.98. The second-order valence-corrected chi connectivity index (χ2v) is 12.4. The van der Waals surface area contributed by atoms with Gasteiger partial charge in [-0.3, -0.25) is 4.90 Å². The molecule has 1 spiro atoms. The Balaban J connectivity index is 1.40. The molecule has 7 nitrogen and oxygen atoms in total. The Labute approximate surface area is 213 Å². The Hall–Kier alpha value is -1.51. The van der Waals surface area contributed by atoms with Gasteiger partial charge >= 0.3 is 5.97 Å². The molecule has 196 valence electrons. The maximum absolute atomic E-state index is 13.3. The minimum atomic E-state index is -1.53. The van der Waals surface area contributed by atoms with Crippen LogP contribution in [0.15, 0.2) is 30.3 Å². The van der Waals surface area contributed by atoms with E-state index in [2.05, 4.69) is 11.8 Å². The van der Waals surface area contributed by atoms with Crippen molar-refractivity contribution >= 4 is 5.97 Å². The second-order valence-electron chi connectivity index (χ2n) is 12.4. The van der Waals surface area contributed by atoms with Crippen molar-refractivity contribution in [2.45, 2.75) is 74.6 Å². The van der Waals surface area contributed by atoms with E-state index in [-0.39, 0.29) is 41.4 Å². The van der Waals surface area contributed by atoms with E-state index in [9.17, 15) is 15.0 Å². The number of carbonyl (C=O) groups is 1. The van der Waals surface area contributed by atoms with Crippen LogP contribution < -0.4 is 0 Å². The quantitative estimate of drug-likeness (QED) is 0.605. The van der Waals surface area contributed by atoms with Crippen LogP contribution in [-0.2, 0) is 14.2 Å². The van der Waals surface area contributed by atoms with Gasteiger partial charge in [0.2, 0.25) is 0 Å². The maximum atomic E-state index is 13.3. The van der Waals surface area contributed by atoms with Gasteiger partial charge in [-0.15, -0.1) is 0 Å².